The maximum atomic E-state index is 11.1. The van der Waals surface area contributed by atoms with Gasteiger partial charge >= 0.3 is 0 Å². The molecule has 26 heavy (non-hydrogen) atoms. The minimum atomic E-state index is -1.47. The standard InChI is InChI=1S/C14H19N3O9/c15-17-16-14-13(25-8-4-21)12(24-7-3-20)11(23-6-2-19)10(26-14)9-22-5-1-18/h1-4,10-14H,5-9H2/t10-,11-,12+,13+,14?/m1/s1/i1D,2D,3D,4D. The molecule has 1 rings (SSSR count). The van der Waals surface area contributed by atoms with Gasteiger partial charge in [0.1, 0.15) is 81.4 Å². The Hall–Kier alpha value is -2.21. The minimum Gasteiger partial charge on any atom is -0.371 e. The largest absolute Gasteiger partial charge is 0.371 e. The van der Waals surface area contributed by atoms with Crippen LogP contribution in [0.15, 0.2) is 5.11 Å². The highest BCUT2D eigenvalue weighted by Crippen LogP contribution is 2.29. The summed E-state index contributed by atoms with van der Waals surface area (Å²) in [6.07, 6.45) is -11.1. The van der Waals surface area contributed by atoms with Crippen LogP contribution in [0.1, 0.15) is 5.48 Å². The minimum absolute atomic E-state index is 0.405. The highest BCUT2D eigenvalue weighted by atomic mass is 16.6. The number of ether oxygens (including phenoxy) is 5. The molecule has 0 amide bonds. The second-order valence-corrected chi connectivity index (χ2v) is 4.69. The number of carbonyl (C=O) groups is 4. The van der Waals surface area contributed by atoms with Crippen molar-refractivity contribution in [2.75, 3.05) is 33.0 Å². The quantitative estimate of drug-likeness (QED) is 0.160. The zero-order chi connectivity index (χ0) is 22.7. The molecule has 0 radical (unpaired) electrons. The average Bonchev–Trinajstić information content (AvgIpc) is 2.64. The molecule has 5 atom stereocenters. The van der Waals surface area contributed by atoms with E-state index in [9.17, 15) is 19.2 Å². The number of nitrogens with zero attached hydrogens (tertiary/aromatic N) is 3. The molecule has 0 aromatic carbocycles. The Kier molecular flexibility index (Phi) is 8.03. The highest BCUT2D eigenvalue weighted by molar-refractivity contribution is 5.51. The molecule has 1 saturated heterocycles. The van der Waals surface area contributed by atoms with Crippen molar-refractivity contribution in [2.45, 2.75) is 30.6 Å². The van der Waals surface area contributed by atoms with Crippen LogP contribution in [0.3, 0.4) is 0 Å². The van der Waals surface area contributed by atoms with Gasteiger partial charge in [0.25, 0.3) is 0 Å². The van der Waals surface area contributed by atoms with Crippen LogP contribution in [0.2, 0.25) is 0 Å². The summed E-state index contributed by atoms with van der Waals surface area (Å²) in [6.45, 7) is -3.29. The Morgan fingerprint density at radius 3 is 2.00 bits per heavy atom. The fourth-order valence-corrected chi connectivity index (χ4v) is 2.35. The van der Waals surface area contributed by atoms with Crippen molar-refractivity contribution in [3.8, 4) is 0 Å². The normalized spacial score (nSPS) is 30.1. The summed E-state index contributed by atoms with van der Waals surface area (Å²) in [5.41, 5.74) is 8.79. The molecule has 1 aliphatic heterocycles. The summed E-state index contributed by atoms with van der Waals surface area (Å²) in [5.74, 6) is 0. The topological polar surface area (TPSA) is 163 Å². The van der Waals surface area contributed by atoms with Crippen molar-refractivity contribution in [1.82, 2.24) is 0 Å². The number of carbonyl (C=O) groups excluding carboxylic acids is 4. The first-order chi connectivity index (χ1) is 14.1. The molecule has 144 valence electrons. The lowest BCUT2D eigenvalue weighted by molar-refractivity contribution is -0.258. The molecule has 1 aliphatic rings. The third kappa shape index (κ3) is 6.59. The Labute approximate surface area is 153 Å². The van der Waals surface area contributed by atoms with Crippen LogP contribution in [-0.4, -0.2) is 88.7 Å². The van der Waals surface area contributed by atoms with E-state index in [1.165, 1.54) is 0 Å². The van der Waals surface area contributed by atoms with Gasteiger partial charge in [0, 0.05) is 4.91 Å². The molecule has 0 aromatic heterocycles. The van der Waals surface area contributed by atoms with Gasteiger partial charge in [-0.25, -0.2) is 0 Å². The Balaban J connectivity index is 3.21. The molecule has 0 aromatic rings. The highest BCUT2D eigenvalue weighted by Gasteiger charge is 2.48. The Bertz CT molecular complexity index is 692. The van der Waals surface area contributed by atoms with Gasteiger partial charge in [-0.05, 0) is 5.53 Å². The van der Waals surface area contributed by atoms with Crippen LogP contribution in [0.4, 0.5) is 0 Å². The van der Waals surface area contributed by atoms with Crippen molar-refractivity contribution in [3.05, 3.63) is 10.4 Å². The van der Waals surface area contributed by atoms with E-state index in [2.05, 4.69) is 10.0 Å². The number of rotatable bonds is 14. The summed E-state index contributed by atoms with van der Waals surface area (Å²) >= 11 is 0. The van der Waals surface area contributed by atoms with Gasteiger partial charge in [0.15, 0.2) is 6.23 Å². The van der Waals surface area contributed by atoms with Gasteiger partial charge in [-0.15, -0.1) is 0 Å². The molecule has 0 spiro atoms. The predicted octanol–water partition coefficient (Wildman–Crippen LogP) is -1.01. The molecular formula is C14H19N3O9. The van der Waals surface area contributed by atoms with Gasteiger partial charge in [0.2, 0.25) is 0 Å². The number of hydrogen-bond donors (Lipinski definition) is 0. The zero-order valence-electron chi connectivity index (χ0n) is 17.4. The first-order valence-corrected chi connectivity index (χ1v) is 7.25. The zero-order valence-corrected chi connectivity index (χ0v) is 13.4. The van der Waals surface area contributed by atoms with Gasteiger partial charge in [-0.1, -0.05) is 5.11 Å². The van der Waals surface area contributed by atoms with Gasteiger partial charge in [-0.2, -0.15) is 0 Å². The summed E-state index contributed by atoms with van der Waals surface area (Å²) in [4.78, 5) is 46.5. The van der Waals surface area contributed by atoms with E-state index in [4.69, 9.17) is 34.7 Å². The molecule has 12 heteroatoms. The molecule has 1 fully saturated rings. The number of azide groups is 1. The molecule has 0 N–H and O–H groups in total. The Morgan fingerprint density at radius 2 is 1.46 bits per heavy atom. The smallest absolute Gasteiger partial charge is 0.165 e. The van der Waals surface area contributed by atoms with Crippen LogP contribution in [-0.2, 0) is 42.9 Å². The molecule has 12 nitrogen and oxygen atoms in total. The van der Waals surface area contributed by atoms with Gasteiger partial charge in [-0.3, -0.25) is 0 Å². The summed E-state index contributed by atoms with van der Waals surface area (Å²) in [7, 11) is 0. The van der Waals surface area contributed by atoms with E-state index >= 15 is 0 Å². The molecule has 1 unspecified atom stereocenters. The lowest BCUT2D eigenvalue weighted by Gasteiger charge is -2.44. The van der Waals surface area contributed by atoms with Crippen molar-refractivity contribution in [3.63, 3.8) is 0 Å². The fourth-order valence-electron chi connectivity index (χ4n) is 2.35. The van der Waals surface area contributed by atoms with Gasteiger partial charge < -0.3 is 42.9 Å². The Morgan fingerprint density at radius 1 is 0.923 bits per heavy atom. The van der Waals surface area contributed by atoms with Crippen molar-refractivity contribution in [2.24, 2.45) is 5.11 Å². The third-order valence-corrected chi connectivity index (χ3v) is 3.22. The van der Waals surface area contributed by atoms with Crippen LogP contribution in [0.5, 0.6) is 0 Å². The third-order valence-electron chi connectivity index (χ3n) is 3.22. The fraction of sp³-hybridized carbons (Fsp3) is 0.714. The summed E-state index contributed by atoms with van der Waals surface area (Å²) in [5, 5.41) is 3.37. The van der Waals surface area contributed by atoms with Crippen molar-refractivity contribution < 1.29 is 48.3 Å². The first kappa shape index (κ1) is 16.0. The second-order valence-electron chi connectivity index (χ2n) is 4.69. The molecular weight excluding hydrogens is 354 g/mol. The maximum Gasteiger partial charge on any atom is 0.165 e. The van der Waals surface area contributed by atoms with E-state index in [-0.39, 0.29) is 0 Å². The van der Waals surface area contributed by atoms with Crippen LogP contribution in [0, 0.1) is 0 Å². The average molecular weight is 377 g/mol. The number of hydrogen-bond acceptors (Lipinski definition) is 10. The van der Waals surface area contributed by atoms with Crippen LogP contribution < -0.4 is 0 Å². The lowest BCUT2D eigenvalue weighted by Crippen LogP contribution is -2.61. The van der Waals surface area contributed by atoms with Crippen LogP contribution >= 0.6 is 0 Å². The molecule has 0 bridgehead atoms. The van der Waals surface area contributed by atoms with E-state index < -0.39 is 88.7 Å². The molecule has 1 heterocycles. The summed E-state index contributed by atoms with van der Waals surface area (Å²) < 4.78 is 54.1. The SMILES string of the molecule is [2H]C(=O)COC[C@H]1OC(N=[N+]=[N-])[C@@H](OCC([2H])=O)[C@@H](OCC([2H])=O)[C@@H]1OCC([2H])=O. The second kappa shape index (κ2) is 13.1. The van der Waals surface area contributed by atoms with Crippen LogP contribution in [0.25, 0.3) is 10.4 Å². The maximum absolute atomic E-state index is 11.1. The lowest BCUT2D eigenvalue weighted by atomic mass is 9.97. The van der Waals surface area contributed by atoms with E-state index in [0.29, 0.717) is 0 Å². The van der Waals surface area contributed by atoms with Gasteiger partial charge in [0.05, 0.1) is 6.61 Å². The van der Waals surface area contributed by atoms with E-state index in [0.717, 1.165) is 0 Å². The van der Waals surface area contributed by atoms with E-state index in [1.54, 1.807) is 0 Å². The predicted molar refractivity (Wildman–Crippen MR) is 82.1 cm³/mol. The van der Waals surface area contributed by atoms with Crippen molar-refractivity contribution >= 4 is 25.0 Å². The van der Waals surface area contributed by atoms with E-state index in [1.807, 2.05) is 0 Å². The van der Waals surface area contributed by atoms with Crippen molar-refractivity contribution in [1.29, 1.82) is 0 Å². The number of aldehydes is 4. The monoisotopic (exact) mass is 377 g/mol. The molecule has 0 saturated carbocycles. The summed E-state index contributed by atoms with van der Waals surface area (Å²) in [6, 6.07) is 0. The molecule has 0 aliphatic carbocycles. The first-order valence-electron chi connectivity index (χ1n) is 9.25.